The molecule has 0 aliphatic rings. The molecule has 2 aromatic rings. The molecule has 0 N–H and O–H groups in total. The number of aromatic nitrogens is 2. The summed E-state index contributed by atoms with van der Waals surface area (Å²) >= 11 is 0. The van der Waals surface area contributed by atoms with Crippen LogP contribution < -0.4 is 4.74 Å². The summed E-state index contributed by atoms with van der Waals surface area (Å²) in [5, 5.41) is 0. The average Bonchev–Trinajstić information content (AvgIpc) is 2.86. The fourth-order valence-electron chi connectivity index (χ4n) is 4.03. The summed E-state index contributed by atoms with van der Waals surface area (Å²) in [6.45, 7) is 4.34. The Balaban J connectivity index is 1.66. The van der Waals surface area contributed by atoms with E-state index in [-0.39, 0.29) is 6.61 Å². The van der Waals surface area contributed by atoms with Crippen LogP contribution in [-0.4, -0.2) is 28.9 Å². The molecule has 0 radical (unpaired) electrons. The highest BCUT2D eigenvalue weighted by molar-refractivity contribution is 5.55. The lowest BCUT2D eigenvalue weighted by Crippen LogP contribution is -2.13. The van der Waals surface area contributed by atoms with Gasteiger partial charge < -0.3 is 4.74 Å². The van der Waals surface area contributed by atoms with Crippen LogP contribution in [0.4, 0.5) is 8.78 Å². The third-order valence-corrected chi connectivity index (χ3v) is 6.22. The van der Waals surface area contributed by atoms with E-state index < -0.39 is 12.3 Å². The number of nitrogens with zero attached hydrogens (tertiary/aromatic N) is 2. The van der Waals surface area contributed by atoms with Crippen LogP contribution in [0.3, 0.4) is 0 Å². The van der Waals surface area contributed by atoms with Crippen LogP contribution in [0, 0.1) is 0 Å². The average molecular weight is 475 g/mol. The van der Waals surface area contributed by atoms with Gasteiger partial charge in [0.2, 0.25) is 0 Å². The predicted octanol–water partition coefficient (Wildman–Crippen LogP) is 8.85. The standard InChI is InChI=1S/C29H44F2N2O/c1-3-5-7-8-9-11-13-24-21-32-29(33-22-24)25-17-19-28(20-18-25)34-23-27(31)16-12-15-26(30)14-10-6-4-2/h17-22,26-27H,3-16,23H2,1-2H3. The van der Waals surface area contributed by atoms with Gasteiger partial charge >= 0.3 is 0 Å². The van der Waals surface area contributed by atoms with Crippen LogP contribution in [0.2, 0.25) is 0 Å². The number of hydrogen-bond donors (Lipinski definition) is 0. The van der Waals surface area contributed by atoms with Crippen molar-refractivity contribution in [2.24, 2.45) is 0 Å². The lowest BCUT2D eigenvalue weighted by Gasteiger charge is -2.12. The zero-order valence-corrected chi connectivity index (χ0v) is 21.3. The van der Waals surface area contributed by atoms with Gasteiger partial charge in [0.25, 0.3) is 0 Å². The second kappa shape index (κ2) is 17.4. The summed E-state index contributed by atoms with van der Waals surface area (Å²) in [4.78, 5) is 9.02. The molecule has 1 aromatic carbocycles. The number of halogens is 2. The first-order valence-electron chi connectivity index (χ1n) is 13.4. The minimum atomic E-state index is -1.08. The maximum atomic E-state index is 14.1. The zero-order chi connectivity index (χ0) is 24.4. The van der Waals surface area contributed by atoms with Crippen molar-refractivity contribution in [2.75, 3.05) is 6.61 Å². The van der Waals surface area contributed by atoms with Crippen LogP contribution in [-0.2, 0) is 6.42 Å². The van der Waals surface area contributed by atoms with Crippen molar-refractivity contribution in [3.63, 3.8) is 0 Å². The van der Waals surface area contributed by atoms with Gasteiger partial charge in [0, 0.05) is 18.0 Å². The van der Waals surface area contributed by atoms with Crippen molar-refractivity contribution >= 4 is 0 Å². The molecule has 2 rings (SSSR count). The van der Waals surface area contributed by atoms with Gasteiger partial charge in [-0.05, 0) is 68.4 Å². The molecule has 0 fully saturated rings. The van der Waals surface area contributed by atoms with Gasteiger partial charge in [-0.15, -0.1) is 0 Å². The first kappa shape index (κ1) is 28.2. The predicted molar refractivity (Wildman–Crippen MR) is 138 cm³/mol. The zero-order valence-electron chi connectivity index (χ0n) is 21.3. The first-order chi connectivity index (χ1) is 16.6. The van der Waals surface area contributed by atoms with E-state index >= 15 is 0 Å². The van der Waals surface area contributed by atoms with E-state index in [1.54, 1.807) is 0 Å². The fraction of sp³-hybridized carbons (Fsp3) is 0.655. The largest absolute Gasteiger partial charge is 0.491 e. The Kier molecular flexibility index (Phi) is 14.4. The molecule has 34 heavy (non-hydrogen) atoms. The van der Waals surface area contributed by atoms with Gasteiger partial charge in [0.1, 0.15) is 24.7 Å². The lowest BCUT2D eigenvalue weighted by molar-refractivity contribution is 0.178. The highest BCUT2D eigenvalue weighted by atomic mass is 19.1. The Morgan fingerprint density at radius 3 is 2.00 bits per heavy atom. The Morgan fingerprint density at radius 1 is 0.706 bits per heavy atom. The Labute approximate surface area is 205 Å². The molecule has 1 aromatic heterocycles. The van der Waals surface area contributed by atoms with Gasteiger partial charge in [-0.3, -0.25) is 0 Å². The third-order valence-electron chi connectivity index (χ3n) is 6.22. The van der Waals surface area contributed by atoms with Crippen LogP contribution >= 0.6 is 0 Å². The van der Waals surface area contributed by atoms with Crippen LogP contribution in [0.5, 0.6) is 5.75 Å². The maximum absolute atomic E-state index is 14.1. The molecule has 2 atom stereocenters. The highest BCUT2D eigenvalue weighted by Crippen LogP contribution is 2.21. The van der Waals surface area contributed by atoms with E-state index in [2.05, 4.69) is 23.8 Å². The van der Waals surface area contributed by atoms with Gasteiger partial charge in [0.15, 0.2) is 5.82 Å². The molecule has 3 nitrogen and oxygen atoms in total. The van der Waals surface area contributed by atoms with Crippen molar-refractivity contribution in [3.8, 4) is 17.1 Å². The quantitative estimate of drug-likeness (QED) is 0.191. The second-order valence-corrected chi connectivity index (χ2v) is 9.39. The molecule has 0 bridgehead atoms. The number of benzene rings is 1. The molecule has 190 valence electrons. The Hall–Kier alpha value is -2.04. The molecule has 0 spiro atoms. The van der Waals surface area contributed by atoms with E-state index in [4.69, 9.17) is 4.74 Å². The topological polar surface area (TPSA) is 35.0 Å². The molecule has 0 saturated heterocycles. The van der Waals surface area contributed by atoms with Crippen molar-refractivity contribution in [1.82, 2.24) is 9.97 Å². The Bertz CT molecular complexity index is 752. The molecule has 0 aliphatic heterocycles. The van der Waals surface area contributed by atoms with E-state index in [1.165, 1.54) is 44.1 Å². The lowest BCUT2D eigenvalue weighted by atomic mass is 10.1. The highest BCUT2D eigenvalue weighted by Gasteiger charge is 2.11. The molecular formula is C29H44F2N2O. The maximum Gasteiger partial charge on any atom is 0.159 e. The van der Waals surface area contributed by atoms with E-state index in [0.717, 1.165) is 31.2 Å². The number of aryl methyl sites for hydroxylation is 1. The second-order valence-electron chi connectivity index (χ2n) is 9.39. The summed E-state index contributed by atoms with van der Waals surface area (Å²) in [6.07, 6.45) is 15.7. The van der Waals surface area contributed by atoms with Gasteiger partial charge in [-0.2, -0.15) is 0 Å². The van der Waals surface area contributed by atoms with Crippen LogP contribution in [0.1, 0.15) is 103 Å². The fourth-order valence-corrected chi connectivity index (χ4v) is 4.03. The number of hydrogen-bond acceptors (Lipinski definition) is 3. The molecule has 0 aliphatic carbocycles. The molecule has 0 saturated carbocycles. The van der Waals surface area contributed by atoms with Crippen molar-refractivity contribution in [2.45, 2.75) is 116 Å². The molecule has 0 amide bonds. The summed E-state index contributed by atoms with van der Waals surface area (Å²) in [5.74, 6) is 1.30. The van der Waals surface area contributed by atoms with Gasteiger partial charge in [-0.25, -0.2) is 18.7 Å². The van der Waals surface area contributed by atoms with Crippen LogP contribution in [0.25, 0.3) is 11.4 Å². The van der Waals surface area contributed by atoms with E-state index in [0.29, 0.717) is 37.3 Å². The smallest absolute Gasteiger partial charge is 0.159 e. The first-order valence-corrected chi connectivity index (χ1v) is 13.4. The minimum absolute atomic E-state index is 0.00419. The van der Waals surface area contributed by atoms with E-state index in [1.807, 2.05) is 36.7 Å². The summed E-state index contributed by atoms with van der Waals surface area (Å²) in [6, 6.07) is 7.44. The number of alkyl halides is 2. The monoisotopic (exact) mass is 474 g/mol. The minimum Gasteiger partial charge on any atom is -0.491 e. The third kappa shape index (κ3) is 11.9. The summed E-state index contributed by atoms with van der Waals surface area (Å²) < 4.78 is 33.5. The molecular weight excluding hydrogens is 430 g/mol. The number of ether oxygens (including phenoxy) is 1. The number of unbranched alkanes of at least 4 members (excludes halogenated alkanes) is 7. The Morgan fingerprint density at radius 2 is 1.29 bits per heavy atom. The molecule has 2 unspecified atom stereocenters. The normalized spacial score (nSPS) is 13.1. The SMILES string of the molecule is CCCCCCCCc1cnc(-c2ccc(OCC(F)CCCC(F)CCCCC)cc2)nc1. The van der Waals surface area contributed by atoms with Crippen molar-refractivity contribution in [3.05, 3.63) is 42.2 Å². The van der Waals surface area contributed by atoms with Crippen molar-refractivity contribution in [1.29, 1.82) is 0 Å². The summed E-state index contributed by atoms with van der Waals surface area (Å²) in [5.41, 5.74) is 2.08. The van der Waals surface area contributed by atoms with Gasteiger partial charge in [-0.1, -0.05) is 65.2 Å². The van der Waals surface area contributed by atoms with Gasteiger partial charge in [0.05, 0.1) is 0 Å². The van der Waals surface area contributed by atoms with Crippen LogP contribution in [0.15, 0.2) is 36.7 Å². The molecule has 1 heterocycles. The molecule has 5 heteroatoms. The van der Waals surface area contributed by atoms with E-state index in [9.17, 15) is 8.78 Å². The number of rotatable bonds is 19. The summed E-state index contributed by atoms with van der Waals surface area (Å²) in [7, 11) is 0. The van der Waals surface area contributed by atoms with Crippen molar-refractivity contribution < 1.29 is 13.5 Å².